The molecule has 0 saturated carbocycles. The Hall–Kier alpha value is -0.0800. The second-order valence-corrected chi connectivity index (χ2v) is 6.14. The molecule has 0 saturated heterocycles. The maximum atomic E-state index is 8.83. The minimum atomic E-state index is -0.458. The van der Waals surface area contributed by atoms with E-state index in [0.29, 0.717) is 0 Å². The zero-order valence-corrected chi connectivity index (χ0v) is 13.0. The molecule has 0 unspecified atom stereocenters. The van der Waals surface area contributed by atoms with E-state index in [1.54, 1.807) is 13.8 Å². The van der Waals surface area contributed by atoms with Crippen LogP contribution in [0.3, 0.4) is 0 Å². The Bertz CT molecular complexity index is 135. The zero-order valence-electron chi connectivity index (χ0n) is 13.0. The van der Waals surface area contributed by atoms with Crippen molar-refractivity contribution in [2.75, 3.05) is 13.2 Å². The smallest absolute Gasteiger partial charge is 0.0589 e. The molecular formula is C15H34O2. The van der Waals surface area contributed by atoms with Gasteiger partial charge in [0.05, 0.1) is 5.60 Å². The second-order valence-electron chi connectivity index (χ2n) is 6.14. The van der Waals surface area contributed by atoms with Gasteiger partial charge in [0.15, 0.2) is 0 Å². The predicted molar refractivity (Wildman–Crippen MR) is 76.3 cm³/mol. The molecule has 0 aliphatic heterocycles. The standard InChI is InChI=1S/C10H22O.C5H12O/c1-9(2)5-7-11-8-6-10(3)4;1-4-5(2,3)6/h9-10H,5-8H2,1-4H3;6H,4H2,1-3H3. The molecule has 0 spiro atoms. The molecule has 106 valence electrons. The fraction of sp³-hybridized carbons (Fsp3) is 1.00. The summed E-state index contributed by atoms with van der Waals surface area (Å²) in [4.78, 5) is 0. The lowest BCUT2D eigenvalue weighted by atomic mass is 10.1. The van der Waals surface area contributed by atoms with Crippen molar-refractivity contribution in [3.8, 4) is 0 Å². The maximum Gasteiger partial charge on any atom is 0.0589 e. The summed E-state index contributed by atoms with van der Waals surface area (Å²) in [5.41, 5.74) is -0.458. The van der Waals surface area contributed by atoms with E-state index in [1.165, 1.54) is 12.8 Å². The van der Waals surface area contributed by atoms with Crippen LogP contribution in [0, 0.1) is 11.8 Å². The minimum Gasteiger partial charge on any atom is -0.390 e. The summed E-state index contributed by atoms with van der Waals surface area (Å²) in [6, 6.07) is 0. The Morgan fingerprint density at radius 1 is 0.941 bits per heavy atom. The Morgan fingerprint density at radius 3 is 1.41 bits per heavy atom. The van der Waals surface area contributed by atoms with Crippen LogP contribution in [-0.2, 0) is 4.74 Å². The minimum absolute atomic E-state index is 0.458. The van der Waals surface area contributed by atoms with Crippen LogP contribution >= 0.6 is 0 Å². The summed E-state index contributed by atoms with van der Waals surface area (Å²) in [6.07, 6.45) is 3.21. The molecule has 0 fully saturated rings. The fourth-order valence-electron chi connectivity index (χ4n) is 0.740. The molecule has 0 atom stereocenters. The van der Waals surface area contributed by atoms with Crippen LogP contribution in [0.5, 0.6) is 0 Å². The van der Waals surface area contributed by atoms with Crippen LogP contribution in [0.1, 0.15) is 67.7 Å². The third kappa shape index (κ3) is 25.9. The highest BCUT2D eigenvalue weighted by molar-refractivity contribution is 4.59. The van der Waals surface area contributed by atoms with Gasteiger partial charge in [-0.2, -0.15) is 0 Å². The van der Waals surface area contributed by atoms with E-state index in [2.05, 4.69) is 27.7 Å². The molecule has 0 aliphatic carbocycles. The summed E-state index contributed by atoms with van der Waals surface area (Å²) in [6.45, 7) is 16.3. The Labute approximate surface area is 109 Å². The van der Waals surface area contributed by atoms with E-state index in [4.69, 9.17) is 9.84 Å². The van der Waals surface area contributed by atoms with Crippen LogP contribution in [-0.4, -0.2) is 23.9 Å². The van der Waals surface area contributed by atoms with Gasteiger partial charge in [-0.25, -0.2) is 0 Å². The third-order valence-electron chi connectivity index (χ3n) is 2.54. The van der Waals surface area contributed by atoms with Crippen molar-refractivity contribution in [1.82, 2.24) is 0 Å². The highest BCUT2D eigenvalue weighted by Gasteiger charge is 2.05. The van der Waals surface area contributed by atoms with Gasteiger partial charge in [-0.1, -0.05) is 34.6 Å². The SMILES string of the molecule is CC(C)CCOCCC(C)C.CCC(C)(C)O. The lowest BCUT2D eigenvalue weighted by Crippen LogP contribution is -2.15. The monoisotopic (exact) mass is 246 g/mol. The highest BCUT2D eigenvalue weighted by atomic mass is 16.5. The van der Waals surface area contributed by atoms with E-state index < -0.39 is 5.60 Å². The van der Waals surface area contributed by atoms with Crippen LogP contribution in [0.25, 0.3) is 0 Å². The van der Waals surface area contributed by atoms with E-state index in [1.807, 2.05) is 6.92 Å². The van der Waals surface area contributed by atoms with E-state index in [9.17, 15) is 0 Å². The number of ether oxygens (including phenoxy) is 1. The quantitative estimate of drug-likeness (QED) is 0.680. The first kappa shape index (κ1) is 19.3. The fourth-order valence-corrected chi connectivity index (χ4v) is 0.740. The molecular weight excluding hydrogens is 212 g/mol. The van der Waals surface area contributed by atoms with Gasteiger partial charge >= 0.3 is 0 Å². The number of aliphatic hydroxyl groups is 1. The summed E-state index contributed by atoms with van der Waals surface area (Å²) < 4.78 is 5.46. The van der Waals surface area contributed by atoms with Crippen LogP contribution in [0.2, 0.25) is 0 Å². The maximum absolute atomic E-state index is 8.83. The van der Waals surface area contributed by atoms with E-state index in [0.717, 1.165) is 31.5 Å². The van der Waals surface area contributed by atoms with Gasteiger partial charge < -0.3 is 9.84 Å². The summed E-state index contributed by atoms with van der Waals surface area (Å²) >= 11 is 0. The van der Waals surface area contributed by atoms with Gasteiger partial charge in [-0.3, -0.25) is 0 Å². The van der Waals surface area contributed by atoms with Crippen molar-refractivity contribution < 1.29 is 9.84 Å². The van der Waals surface area contributed by atoms with Gasteiger partial charge in [0.2, 0.25) is 0 Å². The number of rotatable bonds is 7. The van der Waals surface area contributed by atoms with Crippen LogP contribution in [0.4, 0.5) is 0 Å². The Morgan fingerprint density at radius 2 is 1.24 bits per heavy atom. The molecule has 0 aromatic carbocycles. The molecule has 0 amide bonds. The molecule has 2 nitrogen and oxygen atoms in total. The predicted octanol–water partition coefficient (Wildman–Crippen LogP) is 4.26. The largest absolute Gasteiger partial charge is 0.390 e. The first-order valence-corrected chi connectivity index (χ1v) is 6.99. The van der Waals surface area contributed by atoms with Crippen molar-refractivity contribution in [1.29, 1.82) is 0 Å². The average Bonchev–Trinajstić information content (AvgIpc) is 2.16. The normalized spacial score (nSPS) is 11.6. The van der Waals surface area contributed by atoms with Crippen LogP contribution < -0.4 is 0 Å². The summed E-state index contributed by atoms with van der Waals surface area (Å²) in [5.74, 6) is 1.54. The van der Waals surface area contributed by atoms with Gasteiger partial charge in [0.25, 0.3) is 0 Å². The molecule has 17 heavy (non-hydrogen) atoms. The average molecular weight is 246 g/mol. The van der Waals surface area contributed by atoms with E-state index >= 15 is 0 Å². The molecule has 0 rings (SSSR count). The van der Waals surface area contributed by atoms with Crippen molar-refractivity contribution in [3.63, 3.8) is 0 Å². The topological polar surface area (TPSA) is 29.5 Å². The molecule has 0 heterocycles. The zero-order chi connectivity index (χ0) is 13.9. The molecule has 0 radical (unpaired) electrons. The van der Waals surface area contributed by atoms with Crippen molar-refractivity contribution in [3.05, 3.63) is 0 Å². The van der Waals surface area contributed by atoms with Crippen molar-refractivity contribution >= 4 is 0 Å². The highest BCUT2D eigenvalue weighted by Crippen LogP contribution is 2.03. The van der Waals surface area contributed by atoms with E-state index in [-0.39, 0.29) is 0 Å². The van der Waals surface area contributed by atoms with Crippen molar-refractivity contribution in [2.24, 2.45) is 11.8 Å². The summed E-state index contributed by atoms with van der Waals surface area (Å²) in [7, 11) is 0. The first-order chi connectivity index (χ1) is 7.69. The number of hydrogen-bond donors (Lipinski definition) is 1. The Balaban J connectivity index is 0. The lowest BCUT2D eigenvalue weighted by molar-refractivity contribution is 0.0765. The molecule has 2 heteroatoms. The molecule has 0 aliphatic rings. The second kappa shape index (κ2) is 11.0. The lowest BCUT2D eigenvalue weighted by Gasteiger charge is -2.11. The molecule has 0 bridgehead atoms. The Kier molecular flexibility index (Phi) is 12.5. The number of hydrogen-bond acceptors (Lipinski definition) is 2. The van der Waals surface area contributed by atoms with Gasteiger partial charge in [-0.05, 0) is 44.9 Å². The third-order valence-corrected chi connectivity index (χ3v) is 2.54. The molecule has 1 N–H and O–H groups in total. The van der Waals surface area contributed by atoms with Crippen molar-refractivity contribution in [2.45, 2.75) is 73.3 Å². The molecule has 0 aromatic heterocycles. The summed E-state index contributed by atoms with van der Waals surface area (Å²) in [5, 5.41) is 8.83. The first-order valence-electron chi connectivity index (χ1n) is 6.99. The van der Waals surface area contributed by atoms with Gasteiger partial charge in [0.1, 0.15) is 0 Å². The van der Waals surface area contributed by atoms with Gasteiger partial charge in [-0.15, -0.1) is 0 Å². The molecule has 0 aromatic rings. The van der Waals surface area contributed by atoms with Crippen LogP contribution in [0.15, 0.2) is 0 Å². The van der Waals surface area contributed by atoms with Gasteiger partial charge in [0, 0.05) is 13.2 Å².